The van der Waals surface area contributed by atoms with Crippen molar-refractivity contribution in [2.75, 3.05) is 24.7 Å². The van der Waals surface area contributed by atoms with Crippen LogP contribution in [0.5, 0.6) is 0 Å². The molecule has 0 bridgehead atoms. The molecule has 8 heteroatoms. The van der Waals surface area contributed by atoms with Gasteiger partial charge in [0.2, 0.25) is 15.9 Å². The number of carbonyl (C=O) groups is 1. The summed E-state index contributed by atoms with van der Waals surface area (Å²) in [5.41, 5.74) is 3.39. The van der Waals surface area contributed by atoms with E-state index in [1.165, 1.54) is 21.9 Å². The lowest BCUT2D eigenvalue weighted by atomic mass is 9.99. The van der Waals surface area contributed by atoms with Crippen LogP contribution in [0.4, 0.5) is 5.69 Å². The second-order valence-corrected chi connectivity index (χ2v) is 8.35. The lowest BCUT2D eigenvalue weighted by Crippen LogP contribution is -2.43. The van der Waals surface area contributed by atoms with Crippen LogP contribution in [0.25, 0.3) is 10.2 Å². The molecule has 1 N–H and O–H groups in total. The summed E-state index contributed by atoms with van der Waals surface area (Å²) in [6.45, 7) is 0.753. The second-order valence-electron chi connectivity index (χ2n) is 5.48. The lowest BCUT2D eigenvalue weighted by Gasteiger charge is -2.30. The molecule has 1 aliphatic heterocycles. The summed E-state index contributed by atoms with van der Waals surface area (Å²) in [5, 5.41) is 2.88. The number of piperidine rings is 1. The molecule has 0 unspecified atom stereocenters. The minimum atomic E-state index is -3.24. The first-order valence-electron chi connectivity index (χ1n) is 7.03. The van der Waals surface area contributed by atoms with Gasteiger partial charge in [0.15, 0.2) is 0 Å². The Morgan fingerprint density at radius 1 is 1.45 bits per heavy atom. The van der Waals surface area contributed by atoms with E-state index in [4.69, 9.17) is 0 Å². The van der Waals surface area contributed by atoms with Crippen LogP contribution in [0.3, 0.4) is 0 Å². The average Bonchev–Trinajstić information content (AvgIpc) is 2.94. The van der Waals surface area contributed by atoms with Crippen molar-refractivity contribution in [3.63, 3.8) is 0 Å². The molecular weight excluding hydrogens is 322 g/mol. The van der Waals surface area contributed by atoms with Gasteiger partial charge in [0, 0.05) is 18.8 Å². The van der Waals surface area contributed by atoms with E-state index in [0.29, 0.717) is 19.4 Å². The average molecular weight is 339 g/mol. The van der Waals surface area contributed by atoms with Crippen LogP contribution in [0.2, 0.25) is 0 Å². The predicted octanol–water partition coefficient (Wildman–Crippen LogP) is 1.91. The van der Waals surface area contributed by atoms with Gasteiger partial charge in [-0.1, -0.05) is 0 Å². The van der Waals surface area contributed by atoms with Gasteiger partial charge in [-0.3, -0.25) is 4.79 Å². The molecule has 0 saturated carbocycles. The first-order chi connectivity index (χ1) is 10.4. The summed E-state index contributed by atoms with van der Waals surface area (Å²) in [4.78, 5) is 16.6. The highest BCUT2D eigenvalue weighted by Crippen LogP contribution is 2.24. The third-order valence-electron chi connectivity index (χ3n) is 3.82. The number of thiazole rings is 1. The minimum Gasteiger partial charge on any atom is -0.326 e. The molecule has 1 saturated heterocycles. The van der Waals surface area contributed by atoms with Crippen LogP contribution in [0.15, 0.2) is 23.7 Å². The fourth-order valence-corrected chi connectivity index (χ4v) is 4.26. The van der Waals surface area contributed by atoms with E-state index >= 15 is 0 Å². The summed E-state index contributed by atoms with van der Waals surface area (Å²) in [6, 6.07) is 5.57. The van der Waals surface area contributed by atoms with E-state index < -0.39 is 10.0 Å². The highest BCUT2D eigenvalue weighted by atomic mass is 32.2. The van der Waals surface area contributed by atoms with Crippen LogP contribution >= 0.6 is 11.3 Å². The zero-order valence-corrected chi connectivity index (χ0v) is 13.8. The fourth-order valence-electron chi connectivity index (χ4n) is 2.63. The maximum atomic E-state index is 12.4. The van der Waals surface area contributed by atoms with E-state index in [-0.39, 0.29) is 18.4 Å². The smallest absolute Gasteiger partial charge is 0.228 e. The Hall–Kier alpha value is -1.51. The molecule has 2 aromatic rings. The summed E-state index contributed by atoms with van der Waals surface area (Å²) >= 11 is 1.52. The second kappa shape index (κ2) is 5.94. The van der Waals surface area contributed by atoms with Gasteiger partial charge in [0.1, 0.15) is 0 Å². The van der Waals surface area contributed by atoms with Crippen molar-refractivity contribution in [1.29, 1.82) is 0 Å². The monoisotopic (exact) mass is 339 g/mol. The summed E-state index contributed by atoms with van der Waals surface area (Å²) < 4.78 is 25.6. The molecule has 1 aromatic carbocycles. The Bertz CT molecular complexity index is 801. The molecule has 1 aliphatic rings. The normalized spacial score (nSPS) is 20.1. The number of nitrogens with one attached hydrogen (secondary N) is 1. The molecule has 2 heterocycles. The van der Waals surface area contributed by atoms with Crippen molar-refractivity contribution in [2.45, 2.75) is 12.8 Å². The molecular formula is C14H17N3O3S2. The van der Waals surface area contributed by atoms with E-state index in [2.05, 4.69) is 10.3 Å². The van der Waals surface area contributed by atoms with E-state index in [0.717, 1.165) is 15.9 Å². The lowest BCUT2D eigenvalue weighted by molar-refractivity contribution is -0.120. The fraction of sp³-hybridized carbons (Fsp3) is 0.429. The Balaban J connectivity index is 1.70. The number of anilines is 1. The van der Waals surface area contributed by atoms with Crippen LogP contribution in [0, 0.1) is 5.92 Å². The van der Waals surface area contributed by atoms with Crippen molar-refractivity contribution < 1.29 is 13.2 Å². The van der Waals surface area contributed by atoms with Crippen molar-refractivity contribution in [3.8, 4) is 0 Å². The number of fused-ring (bicyclic) bond motifs is 1. The standard InChI is InChI=1S/C14H17N3O3S2/c1-22(19,20)17-6-2-3-10(8-17)14(18)16-11-4-5-12-13(7-11)21-9-15-12/h4-5,7,9-10H,2-3,6,8H2,1H3,(H,16,18)/t10-/m1/s1. The topological polar surface area (TPSA) is 79.4 Å². The molecule has 22 heavy (non-hydrogen) atoms. The molecule has 1 atom stereocenters. The Kier molecular flexibility index (Phi) is 4.16. The number of carbonyl (C=O) groups excluding carboxylic acids is 1. The number of aromatic nitrogens is 1. The molecule has 118 valence electrons. The van der Waals surface area contributed by atoms with Gasteiger partial charge in [-0.15, -0.1) is 11.3 Å². The molecule has 1 fully saturated rings. The number of amides is 1. The van der Waals surface area contributed by atoms with E-state index in [9.17, 15) is 13.2 Å². The van der Waals surface area contributed by atoms with E-state index in [1.807, 2.05) is 18.2 Å². The molecule has 0 spiro atoms. The quantitative estimate of drug-likeness (QED) is 0.926. The summed E-state index contributed by atoms with van der Waals surface area (Å²) in [6.07, 6.45) is 2.60. The minimum absolute atomic E-state index is 0.128. The Morgan fingerprint density at radius 3 is 3.05 bits per heavy atom. The predicted molar refractivity (Wildman–Crippen MR) is 87.4 cm³/mol. The zero-order valence-electron chi connectivity index (χ0n) is 12.2. The van der Waals surface area contributed by atoms with Crippen molar-refractivity contribution in [3.05, 3.63) is 23.7 Å². The number of benzene rings is 1. The Labute approximate surface area is 133 Å². The number of hydrogen-bond donors (Lipinski definition) is 1. The molecule has 0 radical (unpaired) electrons. The van der Waals surface area contributed by atoms with Gasteiger partial charge >= 0.3 is 0 Å². The summed E-state index contributed by atoms with van der Waals surface area (Å²) in [5.74, 6) is -0.433. The Morgan fingerprint density at radius 2 is 2.27 bits per heavy atom. The van der Waals surface area contributed by atoms with Gasteiger partial charge in [-0.05, 0) is 31.0 Å². The molecule has 0 aliphatic carbocycles. The van der Waals surface area contributed by atoms with Crippen LogP contribution < -0.4 is 5.32 Å². The number of rotatable bonds is 3. The first kappa shape index (κ1) is 15.4. The van der Waals surface area contributed by atoms with Gasteiger partial charge in [0.25, 0.3) is 0 Å². The third kappa shape index (κ3) is 3.29. The number of nitrogens with zero attached hydrogens (tertiary/aromatic N) is 2. The third-order valence-corrected chi connectivity index (χ3v) is 5.88. The van der Waals surface area contributed by atoms with Crippen LogP contribution in [-0.4, -0.2) is 43.0 Å². The SMILES string of the molecule is CS(=O)(=O)N1CCC[C@@H](C(=O)Nc2ccc3ncsc3c2)C1. The van der Waals surface area contributed by atoms with Crippen molar-refractivity contribution in [1.82, 2.24) is 9.29 Å². The highest BCUT2D eigenvalue weighted by Gasteiger charge is 2.30. The molecule has 1 amide bonds. The van der Waals surface area contributed by atoms with Gasteiger partial charge in [-0.2, -0.15) is 0 Å². The largest absolute Gasteiger partial charge is 0.326 e. The van der Waals surface area contributed by atoms with Gasteiger partial charge in [-0.25, -0.2) is 17.7 Å². The number of hydrogen-bond acceptors (Lipinski definition) is 5. The molecule has 1 aromatic heterocycles. The zero-order chi connectivity index (χ0) is 15.7. The number of sulfonamides is 1. The molecule has 3 rings (SSSR count). The van der Waals surface area contributed by atoms with Gasteiger partial charge < -0.3 is 5.32 Å². The van der Waals surface area contributed by atoms with Crippen LogP contribution in [0.1, 0.15) is 12.8 Å². The van der Waals surface area contributed by atoms with Gasteiger partial charge in [0.05, 0.1) is 27.9 Å². The highest BCUT2D eigenvalue weighted by molar-refractivity contribution is 7.88. The van der Waals surface area contributed by atoms with Crippen LogP contribution in [-0.2, 0) is 14.8 Å². The maximum absolute atomic E-state index is 12.4. The van der Waals surface area contributed by atoms with Crippen molar-refractivity contribution >= 4 is 43.2 Å². The van der Waals surface area contributed by atoms with E-state index in [1.54, 1.807) is 5.51 Å². The molecule has 6 nitrogen and oxygen atoms in total. The van der Waals surface area contributed by atoms with Crippen molar-refractivity contribution in [2.24, 2.45) is 5.92 Å². The summed E-state index contributed by atoms with van der Waals surface area (Å²) in [7, 11) is -3.24. The first-order valence-corrected chi connectivity index (χ1v) is 9.75. The maximum Gasteiger partial charge on any atom is 0.228 e.